The van der Waals surface area contributed by atoms with E-state index in [9.17, 15) is 9.59 Å². The van der Waals surface area contributed by atoms with Crippen LogP contribution >= 0.6 is 0 Å². The zero-order valence-electron chi connectivity index (χ0n) is 11.0. The van der Waals surface area contributed by atoms with E-state index in [2.05, 4.69) is 5.32 Å². The van der Waals surface area contributed by atoms with Crippen molar-refractivity contribution in [1.82, 2.24) is 10.2 Å². The van der Waals surface area contributed by atoms with Gasteiger partial charge in [0, 0.05) is 19.7 Å². The fourth-order valence-corrected chi connectivity index (χ4v) is 2.26. The highest BCUT2D eigenvalue weighted by Gasteiger charge is 2.34. The molecule has 19 heavy (non-hydrogen) atoms. The molecule has 1 saturated carbocycles. The number of rotatable bonds is 6. The minimum absolute atomic E-state index is 0.125. The van der Waals surface area contributed by atoms with Crippen LogP contribution in [0, 0.1) is 5.92 Å². The fourth-order valence-electron chi connectivity index (χ4n) is 2.26. The van der Waals surface area contributed by atoms with Gasteiger partial charge < -0.3 is 20.1 Å². The van der Waals surface area contributed by atoms with Gasteiger partial charge in [0.2, 0.25) is 0 Å². The third kappa shape index (κ3) is 3.70. The van der Waals surface area contributed by atoms with Crippen molar-refractivity contribution in [3.63, 3.8) is 0 Å². The van der Waals surface area contributed by atoms with Gasteiger partial charge in [-0.05, 0) is 19.3 Å². The summed E-state index contributed by atoms with van der Waals surface area (Å²) in [4.78, 5) is 24.8. The first kappa shape index (κ1) is 13.9. The molecule has 2 rings (SSSR count). The van der Waals surface area contributed by atoms with Gasteiger partial charge in [-0.2, -0.15) is 0 Å². The second-order valence-electron chi connectivity index (χ2n) is 5.04. The van der Waals surface area contributed by atoms with Gasteiger partial charge in [-0.1, -0.05) is 12.2 Å². The highest BCUT2D eigenvalue weighted by molar-refractivity contribution is 5.77. The molecule has 2 atom stereocenters. The SMILES string of the molecule is COCCN(C(=O)NC1C=CC(C(=O)O)C1)C1CC1. The zero-order valence-corrected chi connectivity index (χ0v) is 11.0. The summed E-state index contributed by atoms with van der Waals surface area (Å²) < 4.78 is 5.01. The number of aliphatic carboxylic acids is 1. The molecule has 0 aromatic carbocycles. The first-order valence-electron chi connectivity index (χ1n) is 6.59. The first-order valence-corrected chi connectivity index (χ1v) is 6.59. The van der Waals surface area contributed by atoms with Crippen molar-refractivity contribution in [3.8, 4) is 0 Å². The van der Waals surface area contributed by atoms with Crippen molar-refractivity contribution in [1.29, 1.82) is 0 Å². The van der Waals surface area contributed by atoms with Gasteiger partial charge in [0.15, 0.2) is 0 Å². The molecule has 0 radical (unpaired) electrons. The van der Waals surface area contributed by atoms with E-state index in [1.165, 1.54) is 0 Å². The molecule has 2 unspecified atom stereocenters. The Morgan fingerprint density at radius 1 is 1.42 bits per heavy atom. The van der Waals surface area contributed by atoms with Crippen LogP contribution < -0.4 is 5.32 Å². The highest BCUT2D eigenvalue weighted by atomic mass is 16.5. The van der Waals surface area contributed by atoms with Crippen molar-refractivity contribution in [2.45, 2.75) is 31.3 Å². The van der Waals surface area contributed by atoms with Crippen molar-refractivity contribution in [3.05, 3.63) is 12.2 Å². The Morgan fingerprint density at radius 2 is 2.16 bits per heavy atom. The van der Waals surface area contributed by atoms with Crippen LogP contribution in [0.3, 0.4) is 0 Å². The number of nitrogens with one attached hydrogen (secondary N) is 1. The summed E-state index contributed by atoms with van der Waals surface area (Å²) in [6.45, 7) is 1.09. The van der Waals surface area contributed by atoms with Crippen molar-refractivity contribution in [2.24, 2.45) is 5.92 Å². The van der Waals surface area contributed by atoms with Crippen molar-refractivity contribution < 1.29 is 19.4 Å². The lowest BCUT2D eigenvalue weighted by atomic mass is 10.1. The van der Waals surface area contributed by atoms with E-state index in [4.69, 9.17) is 9.84 Å². The lowest BCUT2D eigenvalue weighted by molar-refractivity contribution is -0.140. The molecule has 6 nitrogen and oxygen atoms in total. The Hall–Kier alpha value is -1.56. The third-order valence-electron chi connectivity index (χ3n) is 3.49. The van der Waals surface area contributed by atoms with Crippen LogP contribution in [0.4, 0.5) is 4.79 Å². The van der Waals surface area contributed by atoms with Gasteiger partial charge in [0.1, 0.15) is 0 Å². The number of amides is 2. The van der Waals surface area contributed by atoms with Crippen LogP contribution in [-0.2, 0) is 9.53 Å². The average molecular weight is 268 g/mol. The monoisotopic (exact) mass is 268 g/mol. The van der Waals surface area contributed by atoms with E-state index in [0.29, 0.717) is 25.6 Å². The lowest BCUT2D eigenvalue weighted by Crippen LogP contribution is -2.46. The second kappa shape index (κ2) is 6.06. The summed E-state index contributed by atoms with van der Waals surface area (Å²) in [6.07, 6.45) is 5.91. The highest BCUT2D eigenvalue weighted by Crippen LogP contribution is 2.27. The maximum Gasteiger partial charge on any atom is 0.318 e. The summed E-state index contributed by atoms with van der Waals surface area (Å²) >= 11 is 0. The number of hydrogen-bond acceptors (Lipinski definition) is 3. The van der Waals surface area contributed by atoms with E-state index in [0.717, 1.165) is 12.8 Å². The maximum absolute atomic E-state index is 12.1. The number of carboxylic acids is 1. The Bertz CT molecular complexity index is 379. The smallest absolute Gasteiger partial charge is 0.318 e. The average Bonchev–Trinajstić information content (AvgIpc) is 3.09. The number of nitrogens with zero attached hydrogens (tertiary/aromatic N) is 1. The Labute approximate surface area is 112 Å². The zero-order chi connectivity index (χ0) is 13.8. The van der Waals surface area contributed by atoms with E-state index >= 15 is 0 Å². The number of methoxy groups -OCH3 is 1. The lowest BCUT2D eigenvalue weighted by Gasteiger charge is -2.24. The summed E-state index contributed by atoms with van der Waals surface area (Å²) in [5, 5.41) is 11.8. The number of carboxylic acid groups (broad SMARTS) is 1. The first-order chi connectivity index (χ1) is 9.11. The van der Waals surface area contributed by atoms with Crippen LogP contribution in [0.25, 0.3) is 0 Å². The fraction of sp³-hybridized carbons (Fsp3) is 0.692. The molecular formula is C13H20N2O4. The Balaban J connectivity index is 1.82. The number of carbonyl (C=O) groups is 2. The van der Waals surface area contributed by atoms with E-state index in [1.54, 1.807) is 24.2 Å². The standard InChI is InChI=1S/C13H20N2O4/c1-19-7-6-15(11-4-5-11)13(18)14-10-3-2-9(8-10)12(16)17/h2-3,9-11H,4-8H2,1H3,(H,14,18)(H,16,17). The normalized spacial score (nSPS) is 25.3. The predicted molar refractivity (Wildman–Crippen MR) is 68.8 cm³/mol. The molecule has 6 heteroatoms. The molecule has 0 bridgehead atoms. The van der Waals surface area contributed by atoms with Crippen LogP contribution in [-0.4, -0.2) is 54.4 Å². The van der Waals surface area contributed by atoms with Crippen LogP contribution in [0.2, 0.25) is 0 Å². The van der Waals surface area contributed by atoms with E-state index < -0.39 is 11.9 Å². The Morgan fingerprint density at radius 3 is 2.68 bits per heavy atom. The number of urea groups is 1. The summed E-state index contributed by atoms with van der Waals surface area (Å²) in [5.41, 5.74) is 0. The van der Waals surface area contributed by atoms with Crippen molar-refractivity contribution >= 4 is 12.0 Å². The summed E-state index contributed by atoms with van der Waals surface area (Å²) in [6, 6.07) is 0.00781. The predicted octanol–water partition coefficient (Wildman–Crippen LogP) is 0.836. The molecule has 0 aromatic heterocycles. The summed E-state index contributed by atoms with van der Waals surface area (Å²) in [5.74, 6) is -1.33. The number of carbonyl (C=O) groups excluding carboxylic acids is 1. The van der Waals surface area contributed by atoms with Gasteiger partial charge in [-0.15, -0.1) is 0 Å². The van der Waals surface area contributed by atoms with Gasteiger partial charge in [0.05, 0.1) is 18.6 Å². The second-order valence-corrected chi connectivity index (χ2v) is 5.04. The van der Waals surface area contributed by atoms with Gasteiger partial charge in [-0.3, -0.25) is 4.79 Å². The molecule has 0 spiro atoms. The molecule has 0 saturated heterocycles. The van der Waals surface area contributed by atoms with E-state index in [-0.39, 0.29) is 12.1 Å². The van der Waals surface area contributed by atoms with E-state index in [1.807, 2.05) is 0 Å². The molecule has 2 N–H and O–H groups in total. The number of ether oxygens (including phenoxy) is 1. The van der Waals surface area contributed by atoms with Crippen LogP contribution in [0.15, 0.2) is 12.2 Å². The molecule has 2 aliphatic rings. The van der Waals surface area contributed by atoms with Crippen LogP contribution in [0.5, 0.6) is 0 Å². The van der Waals surface area contributed by atoms with Gasteiger partial charge >= 0.3 is 12.0 Å². The molecule has 106 valence electrons. The molecule has 1 fully saturated rings. The van der Waals surface area contributed by atoms with Crippen LogP contribution in [0.1, 0.15) is 19.3 Å². The topological polar surface area (TPSA) is 78.9 Å². The van der Waals surface area contributed by atoms with Gasteiger partial charge in [0.25, 0.3) is 0 Å². The molecule has 2 amide bonds. The maximum atomic E-state index is 12.1. The third-order valence-corrected chi connectivity index (χ3v) is 3.49. The largest absolute Gasteiger partial charge is 0.481 e. The molecule has 2 aliphatic carbocycles. The van der Waals surface area contributed by atoms with Crippen molar-refractivity contribution in [2.75, 3.05) is 20.3 Å². The molecule has 0 aromatic rings. The minimum Gasteiger partial charge on any atom is -0.481 e. The quantitative estimate of drug-likeness (QED) is 0.700. The van der Waals surface area contributed by atoms with Gasteiger partial charge in [-0.25, -0.2) is 4.79 Å². The molecular weight excluding hydrogens is 248 g/mol. The summed E-state index contributed by atoms with van der Waals surface area (Å²) in [7, 11) is 1.61. The molecule has 0 aliphatic heterocycles. The minimum atomic E-state index is -0.841. The Kier molecular flexibility index (Phi) is 4.42. The molecule has 0 heterocycles. The number of hydrogen-bond donors (Lipinski definition) is 2.